The molecule has 0 saturated heterocycles. The Morgan fingerprint density at radius 1 is 1.25 bits per heavy atom. The minimum absolute atomic E-state index is 0.0538. The van der Waals surface area contributed by atoms with Crippen LogP contribution in [0.2, 0.25) is 0 Å². The molecule has 2 unspecified atom stereocenters. The second-order valence-corrected chi connectivity index (χ2v) is 3.88. The van der Waals surface area contributed by atoms with Crippen LogP contribution in [0, 0.1) is 5.92 Å². The first-order valence-electron chi connectivity index (χ1n) is 5.03. The van der Waals surface area contributed by atoms with E-state index in [1.54, 1.807) is 0 Å². The van der Waals surface area contributed by atoms with Crippen LogP contribution < -0.4 is 5.73 Å². The van der Waals surface area contributed by atoms with Crippen molar-refractivity contribution in [3.63, 3.8) is 0 Å². The topological polar surface area (TPSA) is 46.2 Å². The quantitative estimate of drug-likeness (QED) is 0.603. The molecular weight excluding hydrogens is 150 g/mol. The van der Waals surface area contributed by atoms with Gasteiger partial charge < -0.3 is 10.8 Å². The summed E-state index contributed by atoms with van der Waals surface area (Å²) in [6, 6.07) is -0.0538. The summed E-state index contributed by atoms with van der Waals surface area (Å²) in [6.45, 7) is 6.26. The number of hydrogen-bond donors (Lipinski definition) is 2. The zero-order valence-corrected chi connectivity index (χ0v) is 8.59. The van der Waals surface area contributed by atoms with Gasteiger partial charge in [0.2, 0.25) is 0 Å². The fraction of sp³-hybridized carbons (Fsp3) is 1.00. The highest BCUT2D eigenvalue weighted by molar-refractivity contribution is 4.74. The first kappa shape index (κ1) is 11.9. The standard InChI is InChI=1S/C10H23NO/c1-4-5-6-7-9(12)10(11)8(2)3/h8-10,12H,4-7,11H2,1-3H3. The van der Waals surface area contributed by atoms with Crippen molar-refractivity contribution < 1.29 is 5.11 Å². The van der Waals surface area contributed by atoms with Crippen molar-refractivity contribution in [3.05, 3.63) is 0 Å². The largest absolute Gasteiger partial charge is 0.392 e. The first-order valence-corrected chi connectivity index (χ1v) is 5.03. The van der Waals surface area contributed by atoms with E-state index in [1.165, 1.54) is 12.8 Å². The molecule has 0 amide bonds. The summed E-state index contributed by atoms with van der Waals surface area (Å²) < 4.78 is 0. The summed E-state index contributed by atoms with van der Waals surface area (Å²) in [5.41, 5.74) is 5.79. The molecule has 12 heavy (non-hydrogen) atoms. The monoisotopic (exact) mass is 173 g/mol. The van der Waals surface area contributed by atoms with Gasteiger partial charge in [-0.1, -0.05) is 40.0 Å². The van der Waals surface area contributed by atoms with Crippen LogP contribution in [0.25, 0.3) is 0 Å². The van der Waals surface area contributed by atoms with E-state index in [1.807, 2.05) is 13.8 Å². The zero-order chi connectivity index (χ0) is 9.56. The molecule has 0 bridgehead atoms. The molecule has 0 rings (SSSR count). The van der Waals surface area contributed by atoms with Gasteiger partial charge in [-0.2, -0.15) is 0 Å². The van der Waals surface area contributed by atoms with Gasteiger partial charge in [0.05, 0.1) is 6.10 Å². The average molecular weight is 173 g/mol. The van der Waals surface area contributed by atoms with E-state index >= 15 is 0 Å². The molecule has 2 heteroatoms. The number of rotatable bonds is 6. The molecule has 74 valence electrons. The molecule has 0 aliphatic heterocycles. The highest BCUT2D eigenvalue weighted by Crippen LogP contribution is 2.10. The van der Waals surface area contributed by atoms with Crippen LogP contribution in [0.5, 0.6) is 0 Å². The molecule has 0 heterocycles. The second kappa shape index (κ2) is 6.44. The summed E-state index contributed by atoms with van der Waals surface area (Å²) in [6.07, 6.45) is 4.04. The van der Waals surface area contributed by atoms with E-state index in [0.29, 0.717) is 5.92 Å². The lowest BCUT2D eigenvalue weighted by Gasteiger charge is -2.21. The average Bonchev–Trinajstić information content (AvgIpc) is 2.03. The number of nitrogens with two attached hydrogens (primary N) is 1. The van der Waals surface area contributed by atoms with E-state index in [2.05, 4.69) is 6.92 Å². The third-order valence-corrected chi connectivity index (χ3v) is 2.32. The fourth-order valence-electron chi connectivity index (χ4n) is 1.24. The van der Waals surface area contributed by atoms with Crippen molar-refractivity contribution in [1.29, 1.82) is 0 Å². The SMILES string of the molecule is CCCCCC(O)C(N)C(C)C. The Labute approximate surface area is 76.2 Å². The van der Waals surface area contributed by atoms with E-state index in [4.69, 9.17) is 5.73 Å². The summed E-state index contributed by atoms with van der Waals surface area (Å²) in [5.74, 6) is 0.377. The van der Waals surface area contributed by atoms with Gasteiger partial charge in [-0.3, -0.25) is 0 Å². The number of unbranched alkanes of at least 4 members (excludes halogenated alkanes) is 2. The van der Waals surface area contributed by atoms with Crippen LogP contribution in [0.1, 0.15) is 46.5 Å². The Morgan fingerprint density at radius 2 is 1.83 bits per heavy atom. The predicted molar refractivity (Wildman–Crippen MR) is 53.0 cm³/mol. The number of aliphatic hydroxyl groups is 1. The van der Waals surface area contributed by atoms with Gasteiger partial charge in [0.1, 0.15) is 0 Å². The number of hydrogen-bond acceptors (Lipinski definition) is 2. The molecule has 2 nitrogen and oxygen atoms in total. The molecule has 0 aromatic carbocycles. The lowest BCUT2D eigenvalue weighted by molar-refractivity contribution is 0.113. The van der Waals surface area contributed by atoms with E-state index in [-0.39, 0.29) is 12.1 Å². The molecule has 0 aliphatic carbocycles. The molecule has 0 spiro atoms. The Morgan fingerprint density at radius 3 is 2.25 bits per heavy atom. The van der Waals surface area contributed by atoms with E-state index in [0.717, 1.165) is 12.8 Å². The first-order chi connectivity index (χ1) is 5.59. The summed E-state index contributed by atoms with van der Waals surface area (Å²) in [7, 11) is 0. The zero-order valence-electron chi connectivity index (χ0n) is 8.59. The molecular formula is C10H23NO. The second-order valence-electron chi connectivity index (χ2n) is 3.88. The molecule has 0 radical (unpaired) electrons. The Bertz CT molecular complexity index is 104. The Balaban J connectivity index is 3.49. The Hall–Kier alpha value is -0.0800. The lowest BCUT2D eigenvalue weighted by Crippen LogP contribution is -2.39. The third-order valence-electron chi connectivity index (χ3n) is 2.32. The predicted octanol–water partition coefficient (Wildman–Crippen LogP) is 1.91. The molecule has 3 N–H and O–H groups in total. The van der Waals surface area contributed by atoms with Crippen LogP contribution >= 0.6 is 0 Å². The molecule has 0 aromatic rings. The van der Waals surface area contributed by atoms with Crippen LogP contribution in [-0.4, -0.2) is 17.3 Å². The number of aliphatic hydroxyl groups excluding tert-OH is 1. The molecule has 0 aromatic heterocycles. The summed E-state index contributed by atoms with van der Waals surface area (Å²) in [5, 5.41) is 9.59. The Kier molecular flexibility index (Phi) is 6.39. The van der Waals surface area contributed by atoms with Crippen molar-refractivity contribution in [1.82, 2.24) is 0 Å². The van der Waals surface area contributed by atoms with Gasteiger partial charge in [-0.25, -0.2) is 0 Å². The highest BCUT2D eigenvalue weighted by atomic mass is 16.3. The van der Waals surface area contributed by atoms with E-state index < -0.39 is 0 Å². The van der Waals surface area contributed by atoms with Crippen LogP contribution in [-0.2, 0) is 0 Å². The van der Waals surface area contributed by atoms with Crippen molar-refractivity contribution in [2.45, 2.75) is 58.6 Å². The summed E-state index contributed by atoms with van der Waals surface area (Å²) >= 11 is 0. The molecule has 0 fully saturated rings. The maximum atomic E-state index is 9.59. The van der Waals surface area contributed by atoms with Gasteiger partial charge in [-0.15, -0.1) is 0 Å². The summed E-state index contributed by atoms with van der Waals surface area (Å²) in [4.78, 5) is 0. The van der Waals surface area contributed by atoms with Crippen LogP contribution in [0.15, 0.2) is 0 Å². The molecule has 0 aliphatic rings. The van der Waals surface area contributed by atoms with Gasteiger partial charge >= 0.3 is 0 Å². The van der Waals surface area contributed by atoms with Gasteiger partial charge in [0.25, 0.3) is 0 Å². The van der Waals surface area contributed by atoms with Gasteiger partial charge in [0, 0.05) is 6.04 Å². The van der Waals surface area contributed by atoms with Crippen LogP contribution in [0.3, 0.4) is 0 Å². The fourth-order valence-corrected chi connectivity index (χ4v) is 1.24. The van der Waals surface area contributed by atoms with Crippen LogP contribution in [0.4, 0.5) is 0 Å². The molecule has 2 atom stereocenters. The van der Waals surface area contributed by atoms with Crippen molar-refractivity contribution >= 4 is 0 Å². The minimum Gasteiger partial charge on any atom is -0.392 e. The van der Waals surface area contributed by atoms with E-state index in [9.17, 15) is 5.11 Å². The highest BCUT2D eigenvalue weighted by Gasteiger charge is 2.16. The normalized spacial score (nSPS) is 16.5. The maximum Gasteiger partial charge on any atom is 0.0693 e. The minimum atomic E-state index is -0.309. The third kappa shape index (κ3) is 4.73. The van der Waals surface area contributed by atoms with Crippen molar-refractivity contribution in [2.24, 2.45) is 11.7 Å². The van der Waals surface area contributed by atoms with Gasteiger partial charge in [-0.05, 0) is 12.3 Å². The van der Waals surface area contributed by atoms with Gasteiger partial charge in [0.15, 0.2) is 0 Å². The lowest BCUT2D eigenvalue weighted by atomic mass is 9.96. The smallest absolute Gasteiger partial charge is 0.0693 e. The van der Waals surface area contributed by atoms with Crippen molar-refractivity contribution in [3.8, 4) is 0 Å². The van der Waals surface area contributed by atoms with Crippen molar-refractivity contribution in [2.75, 3.05) is 0 Å². The molecule has 0 saturated carbocycles. The maximum absolute atomic E-state index is 9.59.